The zero-order valence-electron chi connectivity index (χ0n) is 10.9. The second-order valence-electron chi connectivity index (χ2n) is 4.28. The van der Waals surface area contributed by atoms with Crippen molar-refractivity contribution in [3.8, 4) is 11.5 Å². The van der Waals surface area contributed by atoms with E-state index in [0.29, 0.717) is 10.9 Å². The van der Waals surface area contributed by atoms with Gasteiger partial charge in [-0.25, -0.2) is 8.78 Å². The lowest BCUT2D eigenvalue weighted by Gasteiger charge is -2.11. The summed E-state index contributed by atoms with van der Waals surface area (Å²) < 4.78 is 32.9. The van der Waals surface area contributed by atoms with E-state index in [1.54, 1.807) is 0 Å². The van der Waals surface area contributed by atoms with Crippen LogP contribution < -0.4 is 4.74 Å². The summed E-state index contributed by atoms with van der Waals surface area (Å²) in [6.45, 7) is 1.45. The Morgan fingerprint density at radius 2 is 1.90 bits per heavy atom. The number of nitro groups is 1. The second-order valence-corrected chi connectivity index (χ2v) is 4.84. The summed E-state index contributed by atoms with van der Waals surface area (Å²) >= 11 is 3.11. The maximum Gasteiger partial charge on any atom is 0.276 e. The maximum atomic E-state index is 13.9. The topological polar surface area (TPSA) is 52.4 Å². The minimum atomic E-state index is -0.865. The Balaban J connectivity index is 2.44. The van der Waals surface area contributed by atoms with Crippen LogP contribution in [0.5, 0.6) is 11.5 Å². The van der Waals surface area contributed by atoms with Crippen LogP contribution in [0.3, 0.4) is 0 Å². The van der Waals surface area contributed by atoms with E-state index >= 15 is 0 Å². The highest BCUT2D eigenvalue weighted by Crippen LogP contribution is 2.34. The summed E-state index contributed by atoms with van der Waals surface area (Å²) in [5.41, 5.74) is 0.448. The average Bonchev–Trinajstić information content (AvgIpc) is 2.43. The quantitative estimate of drug-likeness (QED) is 0.445. The molecule has 2 aromatic rings. The van der Waals surface area contributed by atoms with E-state index in [-0.39, 0.29) is 17.0 Å². The predicted octanol–water partition coefficient (Wildman–Crippen LogP) is 4.87. The summed E-state index contributed by atoms with van der Waals surface area (Å²) in [6, 6.07) is 6.38. The van der Waals surface area contributed by atoms with Crippen molar-refractivity contribution >= 4 is 21.6 Å². The Kier molecular flexibility index (Phi) is 4.52. The Labute approximate surface area is 127 Å². The van der Waals surface area contributed by atoms with Gasteiger partial charge in [0.25, 0.3) is 5.69 Å². The first-order chi connectivity index (χ1) is 9.93. The van der Waals surface area contributed by atoms with E-state index in [0.717, 1.165) is 12.1 Å². The molecule has 110 valence electrons. The van der Waals surface area contributed by atoms with Crippen LogP contribution in [0.4, 0.5) is 14.5 Å². The molecule has 0 saturated heterocycles. The molecule has 0 amide bonds. The molecule has 0 bridgehead atoms. The van der Waals surface area contributed by atoms with Gasteiger partial charge in [-0.2, -0.15) is 0 Å². The van der Waals surface area contributed by atoms with Gasteiger partial charge in [0, 0.05) is 11.4 Å². The average molecular weight is 358 g/mol. The molecular formula is C14H10BrF2NO3. The van der Waals surface area contributed by atoms with E-state index in [1.807, 2.05) is 0 Å². The van der Waals surface area contributed by atoms with Crippen molar-refractivity contribution in [3.63, 3.8) is 0 Å². The highest BCUT2D eigenvalue weighted by molar-refractivity contribution is 9.08. The fraction of sp³-hybridized carbons (Fsp3) is 0.143. The summed E-state index contributed by atoms with van der Waals surface area (Å²) in [7, 11) is 0. The third-order valence-corrected chi connectivity index (χ3v) is 3.52. The number of nitrogens with zero attached hydrogens (tertiary/aromatic N) is 1. The van der Waals surface area contributed by atoms with Crippen LogP contribution in [-0.2, 0) is 5.33 Å². The minimum absolute atomic E-state index is 0.0357. The number of nitro benzene ring substituents is 1. The number of alkyl halides is 1. The lowest BCUT2D eigenvalue weighted by Crippen LogP contribution is -1.98. The summed E-state index contributed by atoms with van der Waals surface area (Å²) in [5.74, 6) is -2.28. The molecular weight excluding hydrogens is 348 g/mol. The minimum Gasteiger partial charge on any atom is -0.451 e. The van der Waals surface area contributed by atoms with Crippen molar-refractivity contribution in [2.45, 2.75) is 12.3 Å². The number of rotatable bonds is 4. The summed E-state index contributed by atoms with van der Waals surface area (Å²) in [4.78, 5) is 10.3. The molecule has 0 aliphatic rings. The zero-order valence-corrected chi connectivity index (χ0v) is 12.5. The van der Waals surface area contributed by atoms with Crippen LogP contribution in [0.15, 0.2) is 30.3 Å². The number of hydrogen-bond acceptors (Lipinski definition) is 3. The van der Waals surface area contributed by atoms with Crippen LogP contribution in [-0.4, -0.2) is 4.92 Å². The lowest BCUT2D eigenvalue weighted by molar-refractivity contribution is -0.385. The molecule has 4 nitrogen and oxygen atoms in total. The van der Waals surface area contributed by atoms with E-state index in [9.17, 15) is 18.9 Å². The smallest absolute Gasteiger partial charge is 0.276 e. The third kappa shape index (κ3) is 3.18. The highest BCUT2D eigenvalue weighted by Gasteiger charge is 2.18. The second kappa shape index (κ2) is 6.17. The molecule has 0 atom stereocenters. The molecule has 2 rings (SSSR count). The van der Waals surface area contributed by atoms with Gasteiger partial charge < -0.3 is 4.74 Å². The van der Waals surface area contributed by atoms with Crippen molar-refractivity contribution in [2.75, 3.05) is 0 Å². The van der Waals surface area contributed by atoms with Gasteiger partial charge in [-0.3, -0.25) is 10.1 Å². The molecule has 21 heavy (non-hydrogen) atoms. The van der Waals surface area contributed by atoms with Crippen molar-refractivity contribution in [1.29, 1.82) is 0 Å². The molecule has 0 unspecified atom stereocenters. The Morgan fingerprint density at radius 1 is 1.29 bits per heavy atom. The lowest BCUT2D eigenvalue weighted by atomic mass is 10.2. The normalized spacial score (nSPS) is 10.5. The zero-order chi connectivity index (χ0) is 15.6. The predicted molar refractivity (Wildman–Crippen MR) is 76.9 cm³/mol. The SMILES string of the molecule is Cc1c(Oc2c(F)cc(CBr)cc2F)cccc1[N+](=O)[O-]. The summed E-state index contributed by atoms with van der Waals surface area (Å²) in [5, 5.41) is 11.1. The van der Waals surface area contributed by atoms with E-state index in [1.165, 1.54) is 25.1 Å². The van der Waals surface area contributed by atoms with E-state index in [4.69, 9.17) is 4.74 Å². The van der Waals surface area contributed by atoms with Gasteiger partial charge in [0.15, 0.2) is 17.4 Å². The van der Waals surface area contributed by atoms with Crippen molar-refractivity contribution < 1.29 is 18.4 Å². The monoisotopic (exact) mass is 357 g/mol. The van der Waals surface area contributed by atoms with Crippen molar-refractivity contribution in [1.82, 2.24) is 0 Å². The van der Waals surface area contributed by atoms with Gasteiger partial charge in [0.2, 0.25) is 0 Å². The van der Waals surface area contributed by atoms with Gasteiger partial charge in [-0.05, 0) is 30.7 Å². The fourth-order valence-corrected chi connectivity index (χ4v) is 2.13. The Bertz CT molecular complexity index is 684. The van der Waals surface area contributed by atoms with Gasteiger partial charge >= 0.3 is 0 Å². The van der Waals surface area contributed by atoms with Crippen LogP contribution in [0.2, 0.25) is 0 Å². The standard InChI is InChI=1S/C14H10BrF2NO3/c1-8-12(18(19)20)3-2-4-13(8)21-14-10(16)5-9(7-15)6-11(14)17/h2-6H,7H2,1H3. The van der Waals surface area contributed by atoms with Crippen LogP contribution in [0, 0.1) is 28.7 Å². The number of halogens is 3. The maximum absolute atomic E-state index is 13.9. The molecule has 0 aromatic heterocycles. The molecule has 0 N–H and O–H groups in total. The van der Waals surface area contributed by atoms with E-state index in [2.05, 4.69) is 15.9 Å². The highest BCUT2D eigenvalue weighted by atomic mass is 79.9. The van der Waals surface area contributed by atoms with Crippen molar-refractivity contribution in [3.05, 3.63) is 63.2 Å². The first-order valence-electron chi connectivity index (χ1n) is 5.89. The molecule has 0 spiro atoms. The first kappa shape index (κ1) is 15.4. The van der Waals surface area contributed by atoms with Crippen molar-refractivity contribution in [2.24, 2.45) is 0 Å². The third-order valence-electron chi connectivity index (χ3n) is 2.88. The Morgan fingerprint density at radius 3 is 2.43 bits per heavy atom. The van der Waals surface area contributed by atoms with Gasteiger partial charge in [0.1, 0.15) is 5.75 Å². The largest absolute Gasteiger partial charge is 0.451 e. The number of hydrogen-bond donors (Lipinski definition) is 0. The Hall–Kier alpha value is -2.02. The van der Waals surface area contributed by atoms with E-state index < -0.39 is 22.3 Å². The van der Waals surface area contributed by atoms with Gasteiger partial charge in [-0.15, -0.1) is 0 Å². The molecule has 2 aromatic carbocycles. The molecule has 0 saturated carbocycles. The first-order valence-corrected chi connectivity index (χ1v) is 7.02. The molecule has 7 heteroatoms. The number of ether oxygens (including phenoxy) is 1. The van der Waals surface area contributed by atoms with Crippen LogP contribution in [0.25, 0.3) is 0 Å². The molecule has 0 fully saturated rings. The summed E-state index contributed by atoms with van der Waals surface area (Å²) in [6.07, 6.45) is 0. The molecule has 0 heterocycles. The van der Waals surface area contributed by atoms with Crippen LogP contribution in [0.1, 0.15) is 11.1 Å². The van der Waals surface area contributed by atoms with Gasteiger partial charge in [-0.1, -0.05) is 22.0 Å². The number of benzene rings is 2. The molecule has 0 aliphatic carbocycles. The fourth-order valence-electron chi connectivity index (χ4n) is 1.81. The molecule has 0 radical (unpaired) electrons. The van der Waals surface area contributed by atoms with Gasteiger partial charge in [0.05, 0.1) is 10.5 Å². The van der Waals surface area contributed by atoms with Crippen LogP contribution >= 0.6 is 15.9 Å². The molecule has 0 aliphatic heterocycles.